The number of carbonyl (C=O) groups is 2. The molecule has 0 spiro atoms. The molecule has 2 fully saturated rings. The molecule has 3 N–H and O–H groups in total. The van der Waals surface area contributed by atoms with Gasteiger partial charge in [0.25, 0.3) is 5.91 Å². The van der Waals surface area contributed by atoms with E-state index in [9.17, 15) is 14.7 Å². The maximum Gasteiger partial charge on any atom is 0.255 e. The molecule has 11 nitrogen and oxygen atoms in total. The van der Waals surface area contributed by atoms with Crippen LogP contribution in [-0.2, 0) is 16.1 Å². The van der Waals surface area contributed by atoms with Crippen LogP contribution in [-0.4, -0.2) is 102 Å². The van der Waals surface area contributed by atoms with Gasteiger partial charge >= 0.3 is 0 Å². The van der Waals surface area contributed by atoms with Gasteiger partial charge in [-0.25, -0.2) is 9.97 Å². The topological polar surface area (TPSA) is 123 Å². The summed E-state index contributed by atoms with van der Waals surface area (Å²) in [5.74, 6) is -0.0894. The Labute approximate surface area is 268 Å². The highest BCUT2D eigenvalue weighted by molar-refractivity contribution is 6.33. The normalized spacial score (nSPS) is 18.9. The summed E-state index contributed by atoms with van der Waals surface area (Å²) in [6.07, 6.45) is 3.31. The first-order valence-corrected chi connectivity index (χ1v) is 15.9. The maximum absolute atomic E-state index is 13.6. The van der Waals surface area contributed by atoms with Gasteiger partial charge in [-0.2, -0.15) is 0 Å². The average molecular weight is 634 g/mol. The summed E-state index contributed by atoms with van der Waals surface area (Å²) in [4.78, 5) is 42.2. The predicted octanol–water partition coefficient (Wildman–Crippen LogP) is 3.33. The lowest BCUT2D eigenvalue weighted by atomic mass is 10.0. The lowest BCUT2D eigenvalue weighted by Crippen LogP contribution is -2.47. The van der Waals surface area contributed by atoms with E-state index in [1.54, 1.807) is 24.1 Å². The number of ether oxygens (including phenoxy) is 1. The van der Waals surface area contributed by atoms with Crippen LogP contribution < -0.4 is 15.5 Å². The number of amides is 2. The van der Waals surface area contributed by atoms with Crippen LogP contribution in [0.3, 0.4) is 0 Å². The van der Waals surface area contributed by atoms with Crippen LogP contribution in [0.1, 0.15) is 47.3 Å². The van der Waals surface area contributed by atoms with Crippen LogP contribution in [0.2, 0.25) is 5.02 Å². The first-order valence-electron chi connectivity index (χ1n) is 15.6. The van der Waals surface area contributed by atoms with E-state index in [0.29, 0.717) is 47.6 Å². The molecule has 6 rings (SSSR count). The number of nitrogens with zero attached hydrogens (tertiary/aromatic N) is 5. The van der Waals surface area contributed by atoms with Crippen molar-refractivity contribution in [2.75, 3.05) is 63.3 Å². The minimum absolute atomic E-state index is 0.224. The van der Waals surface area contributed by atoms with Gasteiger partial charge in [0.2, 0.25) is 11.9 Å². The molecular formula is C33H40ClN7O4. The molecule has 45 heavy (non-hydrogen) atoms. The van der Waals surface area contributed by atoms with Crippen LogP contribution in [0.15, 0.2) is 48.7 Å². The van der Waals surface area contributed by atoms with Crippen molar-refractivity contribution in [3.8, 4) is 11.3 Å². The summed E-state index contributed by atoms with van der Waals surface area (Å²) in [5.41, 5.74) is 4.46. The SMILES string of the molecule is C[C@H](C(=O)N[C@H](CO)c1cccc(N2CCN(C)CC2)c1)N1Cc2ccc(-c3nc(NC4CCOCC4)ncc3Cl)cc2C1=O. The van der Waals surface area contributed by atoms with Gasteiger partial charge in [0.1, 0.15) is 6.04 Å². The molecule has 3 aliphatic rings. The van der Waals surface area contributed by atoms with Crippen molar-refractivity contribution >= 4 is 35.1 Å². The smallest absolute Gasteiger partial charge is 0.255 e. The highest BCUT2D eigenvalue weighted by atomic mass is 35.5. The minimum Gasteiger partial charge on any atom is -0.394 e. The van der Waals surface area contributed by atoms with Crippen LogP contribution in [0, 0.1) is 0 Å². The minimum atomic E-state index is -0.749. The fourth-order valence-electron chi connectivity index (χ4n) is 6.12. The molecule has 4 heterocycles. The predicted molar refractivity (Wildman–Crippen MR) is 173 cm³/mol. The van der Waals surface area contributed by atoms with E-state index in [2.05, 4.69) is 43.5 Å². The van der Waals surface area contributed by atoms with Gasteiger partial charge in [-0.15, -0.1) is 0 Å². The standard InChI is InChI=1S/C33H40ClN7O4/c1-21(31(43)37-29(20-42)22-4-3-5-26(16-22)40-12-10-39(2)11-13-40)41-19-24-7-6-23(17-27(24)32(41)44)30-28(34)18-35-33(38-30)36-25-8-14-45-15-9-25/h3-7,16-18,21,25,29,42H,8-15,19-20H2,1-2H3,(H,37,43)(H,35,36,38)/t21-,29-/m1/s1. The Hall–Kier alpha value is -3.77. The second-order valence-electron chi connectivity index (χ2n) is 12.0. The van der Waals surface area contributed by atoms with E-state index < -0.39 is 12.1 Å². The summed E-state index contributed by atoms with van der Waals surface area (Å²) in [5, 5.41) is 16.9. The summed E-state index contributed by atoms with van der Waals surface area (Å²) < 4.78 is 5.44. The Kier molecular flexibility index (Phi) is 9.50. The van der Waals surface area contributed by atoms with Crippen LogP contribution in [0.4, 0.5) is 11.6 Å². The van der Waals surface area contributed by atoms with Gasteiger partial charge in [0.15, 0.2) is 0 Å². The molecule has 0 aliphatic carbocycles. The summed E-state index contributed by atoms with van der Waals surface area (Å²) >= 11 is 6.51. The number of rotatable bonds is 9. The number of hydrogen-bond donors (Lipinski definition) is 3. The number of benzene rings is 2. The van der Waals surface area contributed by atoms with Gasteiger partial charge in [0.05, 0.1) is 29.6 Å². The second-order valence-corrected chi connectivity index (χ2v) is 12.4. The van der Waals surface area contributed by atoms with Gasteiger partial charge in [0, 0.05) is 68.8 Å². The van der Waals surface area contributed by atoms with Crippen molar-refractivity contribution in [1.82, 2.24) is 25.1 Å². The van der Waals surface area contributed by atoms with E-state index in [1.165, 1.54) is 0 Å². The highest BCUT2D eigenvalue weighted by Crippen LogP contribution is 2.33. The maximum atomic E-state index is 13.6. The van der Waals surface area contributed by atoms with Crippen molar-refractivity contribution < 1.29 is 19.4 Å². The molecule has 0 radical (unpaired) electrons. The van der Waals surface area contributed by atoms with Crippen molar-refractivity contribution in [3.05, 3.63) is 70.4 Å². The van der Waals surface area contributed by atoms with Crippen molar-refractivity contribution in [2.24, 2.45) is 0 Å². The number of halogens is 1. The molecule has 12 heteroatoms. The average Bonchev–Trinajstić information content (AvgIpc) is 3.40. The molecule has 238 valence electrons. The molecule has 2 saturated heterocycles. The second kappa shape index (κ2) is 13.7. The lowest BCUT2D eigenvalue weighted by Gasteiger charge is -2.34. The summed E-state index contributed by atoms with van der Waals surface area (Å²) in [6.45, 7) is 6.96. The number of hydrogen-bond acceptors (Lipinski definition) is 9. The van der Waals surface area contributed by atoms with Crippen molar-refractivity contribution in [1.29, 1.82) is 0 Å². The number of aromatic nitrogens is 2. The van der Waals surface area contributed by atoms with Gasteiger partial charge < -0.3 is 35.2 Å². The highest BCUT2D eigenvalue weighted by Gasteiger charge is 2.35. The van der Waals surface area contributed by atoms with Crippen LogP contribution >= 0.6 is 11.6 Å². The zero-order chi connectivity index (χ0) is 31.5. The Balaban J connectivity index is 1.13. The lowest BCUT2D eigenvalue weighted by molar-refractivity contribution is -0.126. The van der Waals surface area contributed by atoms with Crippen LogP contribution in [0.25, 0.3) is 11.3 Å². The number of anilines is 2. The quantitative estimate of drug-likeness (QED) is 0.326. The molecule has 2 atom stereocenters. The zero-order valence-electron chi connectivity index (χ0n) is 25.7. The number of carbonyl (C=O) groups excluding carboxylic acids is 2. The van der Waals surface area contributed by atoms with E-state index >= 15 is 0 Å². The van der Waals surface area contributed by atoms with Gasteiger partial charge in [-0.3, -0.25) is 9.59 Å². The number of likely N-dealkylation sites (N-methyl/N-ethyl adjacent to an activating group) is 1. The fraction of sp³-hybridized carbons (Fsp3) is 0.455. The largest absolute Gasteiger partial charge is 0.394 e. The van der Waals surface area contributed by atoms with Crippen LogP contribution in [0.5, 0.6) is 0 Å². The zero-order valence-corrected chi connectivity index (χ0v) is 26.5. The summed E-state index contributed by atoms with van der Waals surface area (Å²) in [6, 6.07) is 12.4. The molecule has 2 aromatic carbocycles. The Bertz CT molecular complexity index is 1540. The Morgan fingerprint density at radius 1 is 1.13 bits per heavy atom. The third-order valence-corrected chi connectivity index (χ3v) is 9.28. The first kappa shape index (κ1) is 31.2. The third kappa shape index (κ3) is 6.91. The summed E-state index contributed by atoms with van der Waals surface area (Å²) in [7, 11) is 2.12. The van der Waals surface area contributed by atoms with Gasteiger partial charge in [-0.05, 0) is 56.1 Å². The monoisotopic (exact) mass is 633 g/mol. The van der Waals surface area contributed by atoms with E-state index in [-0.39, 0.29) is 24.5 Å². The molecule has 2 amide bonds. The third-order valence-electron chi connectivity index (χ3n) is 9.00. The van der Waals surface area contributed by atoms with E-state index in [0.717, 1.165) is 55.8 Å². The molecule has 0 saturated carbocycles. The van der Waals surface area contributed by atoms with E-state index in [1.807, 2.05) is 30.3 Å². The fourth-order valence-corrected chi connectivity index (χ4v) is 6.32. The number of aliphatic hydroxyl groups excluding tert-OH is 1. The molecule has 3 aromatic rings. The number of nitrogens with one attached hydrogen (secondary N) is 2. The molecule has 0 unspecified atom stereocenters. The molecular weight excluding hydrogens is 594 g/mol. The number of aliphatic hydroxyl groups is 1. The molecule has 0 bridgehead atoms. The number of piperazine rings is 1. The first-order chi connectivity index (χ1) is 21.8. The van der Waals surface area contributed by atoms with Gasteiger partial charge in [-0.1, -0.05) is 35.9 Å². The van der Waals surface area contributed by atoms with Crippen molar-refractivity contribution in [2.45, 2.75) is 44.4 Å². The Morgan fingerprint density at radius 3 is 2.67 bits per heavy atom. The van der Waals surface area contributed by atoms with E-state index in [4.69, 9.17) is 16.3 Å². The Morgan fingerprint density at radius 2 is 1.91 bits per heavy atom. The van der Waals surface area contributed by atoms with Crippen molar-refractivity contribution in [3.63, 3.8) is 0 Å². The molecule has 3 aliphatic heterocycles. The molecule has 1 aromatic heterocycles. The number of fused-ring (bicyclic) bond motifs is 1.